The Bertz CT molecular complexity index is 572. The van der Waals surface area contributed by atoms with Crippen LogP contribution in [0, 0.1) is 11.7 Å². The van der Waals surface area contributed by atoms with Crippen molar-refractivity contribution in [3.63, 3.8) is 0 Å². The molecule has 1 amide bonds. The average Bonchev–Trinajstić information content (AvgIpc) is 3.33. The van der Waals surface area contributed by atoms with Crippen LogP contribution in [0.25, 0.3) is 0 Å². The van der Waals surface area contributed by atoms with E-state index < -0.39 is 0 Å². The van der Waals surface area contributed by atoms with Gasteiger partial charge < -0.3 is 15.8 Å². The van der Waals surface area contributed by atoms with E-state index in [0.29, 0.717) is 13.0 Å². The van der Waals surface area contributed by atoms with E-state index in [-0.39, 0.29) is 35.5 Å². The van der Waals surface area contributed by atoms with Crippen LogP contribution in [0.5, 0.6) is 5.75 Å². The summed E-state index contributed by atoms with van der Waals surface area (Å²) in [6.45, 7) is 2.47. The van der Waals surface area contributed by atoms with Crippen molar-refractivity contribution in [1.82, 2.24) is 5.32 Å². The number of nitrogens with one attached hydrogen (secondary N) is 1. The summed E-state index contributed by atoms with van der Waals surface area (Å²) < 4.78 is 19.8. The van der Waals surface area contributed by atoms with Gasteiger partial charge in [0.25, 0.3) is 0 Å². The highest BCUT2D eigenvalue weighted by Gasteiger charge is 2.33. The van der Waals surface area contributed by atoms with Gasteiger partial charge in [0.05, 0.1) is 12.6 Å². The van der Waals surface area contributed by atoms with Crippen LogP contribution in [0.2, 0.25) is 0 Å². The molecule has 0 aromatic heterocycles. The molecule has 2 aliphatic rings. The van der Waals surface area contributed by atoms with Crippen molar-refractivity contribution in [3.8, 4) is 5.75 Å². The van der Waals surface area contributed by atoms with Crippen LogP contribution in [0.3, 0.4) is 0 Å². The predicted octanol–water partition coefficient (Wildman–Crippen LogP) is 2.98. The lowest BCUT2D eigenvalue weighted by Gasteiger charge is -2.28. The highest BCUT2D eigenvalue weighted by molar-refractivity contribution is 5.81. The molecule has 3 N–H and O–H groups in total. The van der Waals surface area contributed by atoms with Gasteiger partial charge in [-0.25, -0.2) is 4.39 Å². The first kappa shape index (κ1) is 15.3. The van der Waals surface area contributed by atoms with Gasteiger partial charge in [-0.1, -0.05) is 13.3 Å². The van der Waals surface area contributed by atoms with Crippen molar-refractivity contribution in [1.29, 1.82) is 0 Å². The molecule has 0 radical (unpaired) electrons. The Hall–Kier alpha value is -1.62. The second-order valence-electron chi connectivity index (χ2n) is 6.29. The zero-order chi connectivity index (χ0) is 15.7. The van der Waals surface area contributed by atoms with Crippen molar-refractivity contribution in [3.05, 3.63) is 29.1 Å². The maximum atomic E-state index is 14.3. The fourth-order valence-corrected chi connectivity index (χ4v) is 2.96. The molecular formula is C17H23FN2O2. The lowest BCUT2D eigenvalue weighted by atomic mass is 9.94. The molecule has 4 nitrogen and oxygen atoms in total. The summed E-state index contributed by atoms with van der Waals surface area (Å²) in [5.74, 6) is 0.0902. The molecule has 1 aliphatic carbocycles. The Balaban J connectivity index is 1.87. The lowest BCUT2D eigenvalue weighted by Crippen LogP contribution is -2.33. The summed E-state index contributed by atoms with van der Waals surface area (Å²) in [5, 5.41) is 3.04. The average molecular weight is 306 g/mol. The topological polar surface area (TPSA) is 64.3 Å². The van der Waals surface area contributed by atoms with E-state index in [1.807, 2.05) is 6.07 Å². The third-order valence-corrected chi connectivity index (χ3v) is 4.42. The Kier molecular flexibility index (Phi) is 4.34. The molecule has 2 atom stereocenters. The molecule has 3 rings (SSSR count). The number of rotatable bonds is 5. The number of carbonyl (C=O) groups is 1. The molecule has 2 unspecified atom stereocenters. The molecule has 1 saturated carbocycles. The van der Waals surface area contributed by atoms with Gasteiger partial charge >= 0.3 is 0 Å². The summed E-state index contributed by atoms with van der Waals surface area (Å²) in [4.78, 5) is 12.0. The first-order chi connectivity index (χ1) is 10.6. The summed E-state index contributed by atoms with van der Waals surface area (Å²) in [6, 6.07) is 2.99. The first-order valence-corrected chi connectivity index (χ1v) is 8.12. The molecular weight excluding hydrogens is 283 g/mol. The monoisotopic (exact) mass is 306 g/mol. The predicted molar refractivity (Wildman–Crippen MR) is 82.0 cm³/mol. The lowest BCUT2D eigenvalue weighted by molar-refractivity contribution is -0.123. The van der Waals surface area contributed by atoms with Crippen LogP contribution >= 0.6 is 0 Å². The van der Waals surface area contributed by atoms with Crippen LogP contribution in [-0.4, -0.2) is 12.5 Å². The van der Waals surface area contributed by atoms with Gasteiger partial charge in [0.1, 0.15) is 0 Å². The zero-order valence-corrected chi connectivity index (χ0v) is 12.9. The number of hydrogen-bond donors (Lipinski definition) is 2. The smallest absolute Gasteiger partial charge is 0.223 e. The van der Waals surface area contributed by atoms with Gasteiger partial charge in [-0.15, -0.1) is 0 Å². The fraction of sp³-hybridized carbons (Fsp3) is 0.588. The third-order valence-electron chi connectivity index (χ3n) is 4.42. The van der Waals surface area contributed by atoms with Crippen molar-refractivity contribution in [2.24, 2.45) is 11.7 Å². The molecule has 5 heteroatoms. The molecule has 0 bridgehead atoms. The molecule has 0 saturated heterocycles. The minimum atomic E-state index is -0.385. The van der Waals surface area contributed by atoms with E-state index in [9.17, 15) is 9.18 Å². The van der Waals surface area contributed by atoms with E-state index in [0.717, 1.165) is 36.8 Å². The van der Waals surface area contributed by atoms with Gasteiger partial charge in [-0.2, -0.15) is 0 Å². The molecule has 1 aromatic rings. The molecule has 1 aliphatic heterocycles. The summed E-state index contributed by atoms with van der Waals surface area (Å²) in [5.41, 5.74) is 7.61. The highest BCUT2D eigenvalue weighted by atomic mass is 19.1. The SMILES string of the molecule is CCCC(N)c1cc(F)c2c(c1)C(NC(=O)C1CC1)CCO2. The molecule has 120 valence electrons. The Morgan fingerprint density at radius 1 is 1.45 bits per heavy atom. The number of hydrogen-bond acceptors (Lipinski definition) is 3. The van der Waals surface area contributed by atoms with Gasteiger partial charge in [0, 0.05) is 23.9 Å². The van der Waals surface area contributed by atoms with Gasteiger partial charge in [0.15, 0.2) is 11.6 Å². The van der Waals surface area contributed by atoms with E-state index in [4.69, 9.17) is 10.5 Å². The number of amides is 1. The third kappa shape index (κ3) is 3.09. The van der Waals surface area contributed by atoms with Gasteiger partial charge in [0.2, 0.25) is 5.91 Å². The highest BCUT2D eigenvalue weighted by Crippen LogP contribution is 2.38. The van der Waals surface area contributed by atoms with Crippen molar-refractivity contribution >= 4 is 5.91 Å². The molecule has 0 spiro atoms. The van der Waals surface area contributed by atoms with Gasteiger partial charge in [-0.05, 0) is 37.0 Å². The number of benzene rings is 1. The minimum Gasteiger partial charge on any atom is -0.490 e. The van der Waals surface area contributed by atoms with Gasteiger partial charge in [-0.3, -0.25) is 4.79 Å². The Morgan fingerprint density at radius 3 is 2.91 bits per heavy atom. The van der Waals surface area contributed by atoms with Crippen LogP contribution in [0.4, 0.5) is 4.39 Å². The van der Waals surface area contributed by atoms with Crippen molar-refractivity contribution in [2.75, 3.05) is 6.61 Å². The van der Waals surface area contributed by atoms with E-state index in [1.54, 1.807) is 0 Å². The normalized spacial score (nSPS) is 21.7. The van der Waals surface area contributed by atoms with Crippen LogP contribution in [0.15, 0.2) is 12.1 Å². The second-order valence-corrected chi connectivity index (χ2v) is 6.29. The number of halogens is 1. The van der Waals surface area contributed by atoms with E-state index >= 15 is 0 Å². The largest absolute Gasteiger partial charge is 0.490 e. The fourth-order valence-electron chi connectivity index (χ4n) is 2.96. The maximum Gasteiger partial charge on any atom is 0.223 e. The van der Waals surface area contributed by atoms with E-state index in [2.05, 4.69) is 12.2 Å². The second kappa shape index (κ2) is 6.24. The zero-order valence-electron chi connectivity index (χ0n) is 12.9. The molecule has 1 aromatic carbocycles. The molecule has 1 fully saturated rings. The Labute approximate surface area is 130 Å². The summed E-state index contributed by atoms with van der Waals surface area (Å²) in [7, 11) is 0. The number of carbonyl (C=O) groups excluding carboxylic acids is 1. The van der Waals surface area contributed by atoms with Crippen LogP contribution in [-0.2, 0) is 4.79 Å². The van der Waals surface area contributed by atoms with Crippen LogP contribution in [0.1, 0.15) is 62.2 Å². The number of fused-ring (bicyclic) bond motifs is 1. The van der Waals surface area contributed by atoms with E-state index in [1.165, 1.54) is 6.07 Å². The Morgan fingerprint density at radius 2 is 2.23 bits per heavy atom. The summed E-state index contributed by atoms with van der Waals surface area (Å²) in [6.07, 6.45) is 4.32. The standard InChI is InChI=1S/C17H23FN2O2/c1-2-3-14(19)11-8-12-15(20-17(21)10-4-5-10)6-7-22-16(12)13(18)9-11/h8-10,14-15H,2-7,19H2,1H3,(H,20,21). The first-order valence-electron chi connectivity index (χ1n) is 8.12. The van der Waals surface area contributed by atoms with Crippen molar-refractivity contribution < 1.29 is 13.9 Å². The minimum absolute atomic E-state index is 0.0708. The number of nitrogens with two attached hydrogens (primary N) is 1. The maximum absolute atomic E-state index is 14.3. The van der Waals surface area contributed by atoms with Crippen LogP contribution < -0.4 is 15.8 Å². The molecule has 1 heterocycles. The quantitative estimate of drug-likeness (QED) is 0.879. The summed E-state index contributed by atoms with van der Waals surface area (Å²) >= 11 is 0. The molecule has 22 heavy (non-hydrogen) atoms. The van der Waals surface area contributed by atoms with Crippen molar-refractivity contribution in [2.45, 2.75) is 51.1 Å². The number of ether oxygens (including phenoxy) is 1.